The third-order valence-corrected chi connectivity index (χ3v) is 3.72. The van der Waals surface area contributed by atoms with E-state index in [4.69, 9.17) is 16.2 Å². The normalized spacial score (nSPS) is 14.5. The smallest absolute Gasteiger partial charge is 0.164 e. The van der Waals surface area contributed by atoms with Gasteiger partial charge in [0.2, 0.25) is 0 Å². The second-order valence-corrected chi connectivity index (χ2v) is 5.18. The monoisotopic (exact) mass is 266 g/mol. The molecule has 2 rings (SSSR count). The van der Waals surface area contributed by atoms with E-state index in [-0.39, 0.29) is 0 Å². The Morgan fingerprint density at radius 3 is 2.53 bits per heavy atom. The SMILES string of the molecule is C=CC(c1ccc2cc(Cl)ccc2c1)S(=O)O. The molecule has 0 amide bonds. The van der Waals surface area contributed by atoms with Crippen LogP contribution in [0.5, 0.6) is 0 Å². The molecule has 0 bridgehead atoms. The van der Waals surface area contributed by atoms with Gasteiger partial charge in [-0.1, -0.05) is 35.9 Å². The highest BCUT2D eigenvalue weighted by Gasteiger charge is 2.13. The lowest BCUT2D eigenvalue weighted by atomic mass is 10.0. The van der Waals surface area contributed by atoms with Crippen molar-refractivity contribution in [2.24, 2.45) is 0 Å². The van der Waals surface area contributed by atoms with Gasteiger partial charge in [0.1, 0.15) is 5.25 Å². The molecule has 0 aliphatic carbocycles. The summed E-state index contributed by atoms with van der Waals surface area (Å²) in [5, 5.41) is 2.11. The van der Waals surface area contributed by atoms with Crippen LogP contribution in [0, 0.1) is 0 Å². The Morgan fingerprint density at radius 2 is 1.88 bits per heavy atom. The van der Waals surface area contributed by atoms with E-state index in [1.165, 1.54) is 6.08 Å². The van der Waals surface area contributed by atoms with E-state index < -0.39 is 16.3 Å². The Balaban J connectivity index is 2.54. The first-order valence-corrected chi connectivity index (χ1v) is 6.58. The Hall–Kier alpha value is -1.16. The molecule has 0 aliphatic heterocycles. The molecule has 0 saturated carbocycles. The average Bonchev–Trinajstić information content (AvgIpc) is 2.29. The number of halogens is 1. The predicted molar refractivity (Wildman–Crippen MR) is 72.7 cm³/mol. The van der Waals surface area contributed by atoms with Crippen LogP contribution in [0.4, 0.5) is 0 Å². The Bertz CT molecular complexity index is 595. The first-order chi connectivity index (χ1) is 8.11. The molecule has 2 unspecified atom stereocenters. The van der Waals surface area contributed by atoms with Crippen molar-refractivity contribution in [1.29, 1.82) is 0 Å². The number of fused-ring (bicyclic) bond motifs is 1. The van der Waals surface area contributed by atoms with E-state index in [1.807, 2.05) is 30.3 Å². The van der Waals surface area contributed by atoms with Crippen LogP contribution in [0.1, 0.15) is 10.8 Å². The first-order valence-electron chi connectivity index (χ1n) is 5.03. The number of benzene rings is 2. The lowest BCUT2D eigenvalue weighted by molar-refractivity contribution is 0.558. The zero-order valence-electron chi connectivity index (χ0n) is 8.97. The Morgan fingerprint density at radius 1 is 1.24 bits per heavy atom. The molecule has 4 heteroatoms. The summed E-state index contributed by atoms with van der Waals surface area (Å²) in [5.74, 6) is 0. The molecule has 0 aromatic heterocycles. The highest BCUT2D eigenvalue weighted by molar-refractivity contribution is 7.79. The van der Waals surface area contributed by atoms with Crippen LogP contribution in [0.3, 0.4) is 0 Å². The summed E-state index contributed by atoms with van der Waals surface area (Å²) in [7, 11) is 0. The Labute approximate surface area is 107 Å². The fourth-order valence-electron chi connectivity index (χ4n) is 1.75. The molecular formula is C13H11ClO2S. The molecule has 17 heavy (non-hydrogen) atoms. The van der Waals surface area contributed by atoms with Gasteiger partial charge in [-0.05, 0) is 34.5 Å². The maximum absolute atomic E-state index is 11.1. The maximum Gasteiger partial charge on any atom is 0.164 e. The van der Waals surface area contributed by atoms with Crippen LogP contribution in [0.2, 0.25) is 5.02 Å². The topological polar surface area (TPSA) is 37.3 Å². The van der Waals surface area contributed by atoms with E-state index in [0.29, 0.717) is 5.02 Å². The molecule has 88 valence electrons. The zero-order chi connectivity index (χ0) is 12.4. The van der Waals surface area contributed by atoms with Crippen molar-refractivity contribution in [1.82, 2.24) is 0 Å². The molecule has 2 atom stereocenters. The van der Waals surface area contributed by atoms with Crippen molar-refractivity contribution in [3.8, 4) is 0 Å². The van der Waals surface area contributed by atoms with E-state index in [2.05, 4.69) is 6.58 Å². The van der Waals surface area contributed by atoms with Crippen LogP contribution >= 0.6 is 11.6 Å². The highest BCUT2D eigenvalue weighted by Crippen LogP contribution is 2.26. The molecule has 2 nitrogen and oxygen atoms in total. The van der Waals surface area contributed by atoms with Crippen molar-refractivity contribution in [2.75, 3.05) is 0 Å². The van der Waals surface area contributed by atoms with Crippen LogP contribution in [-0.4, -0.2) is 8.76 Å². The third-order valence-electron chi connectivity index (χ3n) is 2.59. The summed E-state index contributed by atoms with van der Waals surface area (Å²) >= 11 is 3.95. The van der Waals surface area contributed by atoms with E-state index >= 15 is 0 Å². The van der Waals surface area contributed by atoms with Gasteiger partial charge in [-0.15, -0.1) is 6.58 Å². The Kier molecular flexibility index (Phi) is 3.62. The minimum absolute atomic E-state index is 0.560. The molecular weight excluding hydrogens is 256 g/mol. The van der Waals surface area contributed by atoms with Crippen molar-refractivity contribution in [3.05, 3.63) is 59.6 Å². The zero-order valence-corrected chi connectivity index (χ0v) is 10.5. The molecule has 1 N–H and O–H groups in total. The quantitative estimate of drug-likeness (QED) is 0.675. The molecule has 2 aromatic rings. The van der Waals surface area contributed by atoms with Crippen LogP contribution < -0.4 is 0 Å². The lowest BCUT2D eigenvalue weighted by Crippen LogP contribution is -2.01. The van der Waals surface area contributed by atoms with E-state index in [0.717, 1.165) is 16.3 Å². The summed E-state index contributed by atoms with van der Waals surface area (Å²) in [6.45, 7) is 3.58. The average molecular weight is 267 g/mol. The molecule has 0 spiro atoms. The fraction of sp³-hybridized carbons (Fsp3) is 0.0769. The molecule has 0 radical (unpaired) electrons. The van der Waals surface area contributed by atoms with Gasteiger partial charge in [-0.2, -0.15) is 0 Å². The molecule has 0 fully saturated rings. The van der Waals surface area contributed by atoms with Gasteiger partial charge in [0.05, 0.1) is 0 Å². The van der Waals surface area contributed by atoms with Crippen molar-refractivity contribution in [3.63, 3.8) is 0 Å². The first kappa shape index (κ1) is 12.3. The van der Waals surface area contributed by atoms with Gasteiger partial charge in [-0.25, -0.2) is 4.21 Å². The van der Waals surface area contributed by atoms with Gasteiger partial charge in [0.25, 0.3) is 0 Å². The summed E-state index contributed by atoms with van der Waals surface area (Å²) in [6.07, 6.45) is 1.48. The van der Waals surface area contributed by atoms with Gasteiger partial charge in [0, 0.05) is 5.02 Å². The highest BCUT2D eigenvalue weighted by atomic mass is 35.5. The van der Waals surface area contributed by atoms with Gasteiger partial charge in [0.15, 0.2) is 11.1 Å². The van der Waals surface area contributed by atoms with Crippen molar-refractivity contribution in [2.45, 2.75) is 5.25 Å². The predicted octanol–water partition coefficient (Wildman–Crippen LogP) is 3.94. The van der Waals surface area contributed by atoms with Crippen LogP contribution in [0.25, 0.3) is 10.8 Å². The summed E-state index contributed by atoms with van der Waals surface area (Å²) in [5.41, 5.74) is 0.774. The summed E-state index contributed by atoms with van der Waals surface area (Å²) in [4.78, 5) is 0. The fourth-order valence-corrected chi connectivity index (χ4v) is 2.47. The van der Waals surface area contributed by atoms with Crippen LogP contribution in [-0.2, 0) is 11.1 Å². The van der Waals surface area contributed by atoms with Crippen LogP contribution in [0.15, 0.2) is 49.1 Å². The molecule has 0 aliphatic rings. The molecule has 2 aromatic carbocycles. The van der Waals surface area contributed by atoms with Crippen molar-refractivity contribution >= 4 is 33.5 Å². The largest absolute Gasteiger partial charge is 0.305 e. The number of hydrogen-bond acceptors (Lipinski definition) is 1. The second-order valence-electron chi connectivity index (χ2n) is 3.68. The summed E-state index contributed by atoms with van der Waals surface area (Å²) < 4.78 is 20.3. The third kappa shape index (κ3) is 2.57. The maximum atomic E-state index is 11.1. The second kappa shape index (κ2) is 5.00. The summed E-state index contributed by atoms with van der Waals surface area (Å²) in [6, 6.07) is 11.1. The number of hydrogen-bond donors (Lipinski definition) is 1. The number of rotatable bonds is 3. The van der Waals surface area contributed by atoms with E-state index in [9.17, 15) is 4.21 Å². The molecule has 0 saturated heterocycles. The van der Waals surface area contributed by atoms with Gasteiger partial charge < -0.3 is 4.55 Å². The van der Waals surface area contributed by atoms with Gasteiger partial charge in [-0.3, -0.25) is 0 Å². The van der Waals surface area contributed by atoms with Crippen molar-refractivity contribution < 1.29 is 8.76 Å². The standard InChI is InChI=1S/C13H11ClO2S/c1-2-13(17(15)16)11-4-3-10-8-12(14)6-5-9(10)7-11/h2-8,13H,1H2,(H,15,16). The molecule has 0 heterocycles. The van der Waals surface area contributed by atoms with Gasteiger partial charge >= 0.3 is 0 Å². The lowest BCUT2D eigenvalue weighted by Gasteiger charge is -2.09. The minimum Gasteiger partial charge on any atom is -0.305 e. The minimum atomic E-state index is -1.95. The van der Waals surface area contributed by atoms with E-state index in [1.54, 1.807) is 6.07 Å².